The number of halogens is 1. The Morgan fingerprint density at radius 2 is 2.13 bits per heavy atom. The van der Waals surface area contributed by atoms with Crippen molar-refractivity contribution < 1.29 is 9.53 Å². The number of hydrogen-bond acceptors (Lipinski definition) is 3. The minimum absolute atomic E-state index is 0.179. The molecule has 0 radical (unpaired) electrons. The summed E-state index contributed by atoms with van der Waals surface area (Å²) < 4.78 is 5.07. The van der Waals surface area contributed by atoms with Crippen LogP contribution < -0.4 is 10.5 Å². The average molecular weight is 228 g/mol. The van der Waals surface area contributed by atoms with Gasteiger partial charge in [-0.1, -0.05) is 11.6 Å². The van der Waals surface area contributed by atoms with Gasteiger partial charge in [0.1, 0.15) is 5.75 Å². The molecule has 0 fully saturated rings. The van der Waals surface area contributed by atoms with Gasteiger partial charge in [0.25, 0.3) is 0 Å². The zero-order chi connectivity index (χ0) is 11.6. The van der Waals surface area contributed by atoms with E-state index >= 15 is 0 Å². The van der Waals surface area contributed by atoms with Crippen LogP contribution in [0.2, 0.25) is 5.02 Å². The molecule has 0 amide bonds. The lowest BCUT2D eigenvalue weighted by Crippen LogP contribution is -2.27. The minimum Gasteiger partial charge on any atom is -0.497 e. The molecule has 3 nitrogen and oxygen atoms in total. The number of methoxy groups -OCH3 is 1. The number of rotatable bonds is 3. The first-order valence-corrected chi connectivity index (χ1v) is 4.99. The van der Waals surface area contributed by atoms with E-state index in [1.807, 2.05) is 6.92 Å². The molecular formula is C11H14ClNO2. The van der Waals surface area contributed by atoms with Crippen molar-refractivity contribution in [3.8, 4) is 5.75 Å². The van der Waals surface area contributed by atoms with E-state index in [0.717, 1.165) is 5.56 Å². The van der Waals surface area contributed by atoms with E-state index in [2.05, 4.69) is 0 Å². The molecule has 0 saturated heterocycles. The molecule has 0 aliphatic heterocycles. The van der Waals surface area contributed by atoms with Crippen molar-refractivity contribution in [2.45, 2.75) is 19.9 Å². The smallest absolute Gasteiger partial charge is 0.180 e. The van der Waals surface area contributed by atoms with Gasteiger partial charge in [-0.05, 0) is 31.5 Å². The van der Waals surface area contributed by atoms with Crippen molar-refractivity contribution in [3.05, 3.63) is 28.3 Å². The van der Waals surface area contributed by atoms with Gasteiger partial charge in [0.2, 0.25) is 0 Å². The Bertz CT molecular complexity index is 388. The minimum atomic E-state index is -0.561. The van der Waals surface area contributed by atoms with Gasteiger partial charge < -0.3 is 10.5 Å². The third kappa shape index (κ3) is 2.49. The summed E-state index contributed by atoms with van der Waals surface area (Å²) in [6.07, 6.45) is 0. The molecule has 0 saturated carbocycles. The molecule has 1 aromatic rings. The topological polar surface area (TPSA) is 52.3 Å². The fraction of sp³-hybridized carbons (Fsp3) is 0.364. The van der Waals surface area contributed by atoms with E-state index in [1.54, 1.807) is 26.2 Å². The molecule has 0 heterocycles. The van der Waals surface area contributed by atoms with Crippen LogP contribution in [0.5, 0.6) is 5.75 Å². The molecule has 0 aliphatic rings. The first-order chi connectivity index (χ1) is 6.97. The number of ketones is 1. The number of ether oxygens (including phenoxy) is 1. The van der Waals surface area contributed by atoms with E-state index < -0.39 is 6.04 Å². The summed E-state index contributed by atoms with van der Waals surface area (Å²) >= 11 is 6.03. The molecule has 1 aromatic carbocycles. The first kappa shape index (κ1) is 12.0. The standard InChI is InChI=1S/C11H14ClNO2/c1-6-4-8(15-3)5-9(10(6)12)11(14)7(2)13/h4-5,7H,13H2,1-3H3. The molecule has 1 rings (SSSR count). The third-order valence-electron chi connectivity index (χ3n) is 2.14. The van der Waals surface area contributed by atoms with Crippen LogP contribution in [-0.2, 0) is 0 Å². The van der Waals surface area contributed by atoms with Gasteiger partial charge in [-0.25, -0.2) is 0 Å². The van der Waals surface area contributed by atoms with Crippen LogP contribution in [0, 0.1) is 6.92 Å². The maximum Gasteiger partial charge on any atom is 0.180 e. The average Bonchev–Trinajstić information content (AvgIpc) is 2.20. The van der Waals surface area contributed by atoms with Crippen LogP contribution in [0.1, 0.15) is 22.8 Å². The summed E-state index contributed by atoms with van der Waals surface area (Å²) in [5.74, 6) is 0.433. The SMILES string of the molecule is COc1cc(C)c(Cl)c(C(=O)C(C)N)c1. The zero-order valence-electron chi connectivity index (χ0n) is 9.00. The van der Waals surface area contributed by atoms with Gasteiger partial charge in [-0.3, -0.25) is 4.79 Å². The molecule has 0 aliphatic carbocycles. The summed E-state index contributed by atoms with van der Waals surface area (Å²) in [6.45, 7) is 3.45. The van der Waals surface area contributed by atoms with Crippen LogP contribution in [0.15, 0.2) is 12.1 Å². The van der Waals surface area contributed by atoms with Crippen LogP contribution in [0.25, 0.3) is 0 Å². The van der Waals surface area contributed by atoms with E-state index in [0.29, 0.717) is 16.3 Å². The molecule has 2 N–H and O–H groups in total. The zero-order valence-corrected chi connectivity index (χ0v) is 9.76. The van der Waals surface area contributed by atoms with Gasteiger partial charge in [0.05, 0.1) is 18.2 Å². The van der Waals surface area contributed by atoms with Crippen molar-refractivity contribution in [2.75, 3.05) is 7.11 Å². The Hall–Kier alpha value is -1.06. The van der Waals surface area contributed by atoms with Crippen LogP contribution >= 0.6 is 11.6 Å². The Labute approximate surface area is 94.2 Å². The molecule has 1 unspecified atom stereocenters. The summed E-state index contributed by atoms with van der Waals surface area (Å²) in [5, 5.41) is 0.443. The lowest BCUT2D eigenvalue weighted by atomic mass is 10.0. The molecule has 0 spiro atoms. The first-order valence-electron chi connectivity index (χ1n) is 4.61. The van der Waals surface area contributed by atoms with Crippen molar-refractivity contribution in [2.24, 2.45) is 5.73 Å². The summed E-state index contributed by atoms with van der Waals surface area (Å²) in [7, 11) is 1.54. The lowest BCUT2D eigenvalue weighted by Gasteiger charge is -2.10. The third-order valence-corrected chi connectivity index (χ3v) is 2.64. The fourth-order valence-corrected chi connectivity index (χ4v) is 1.48. The highest BCUT2D eigenvalue weighted by atomic mass is 35.5. The largest absolute Gasteiger partial charge is 0.497 e. The van der Waals surface area contributed by atoms with Crippen molar-refractivity contribution >= 4 is 17.4 Å². The van der Waals surface area contributed by atoms with Crippen LogP contribution in [0.4, 0.5) is 0 Å². The maximum atomic E-state index is 11.7. The fourth-order valence-electron chi connectivity index (χ4n) is 1.28. The second kappa shape index (κ2) is 4.64. The van der Waals surface area contributed by atoms with Gasteiger partial charge >= 0.3 is 0 Å². The van der Waals surface area contributed by atoms with Crippen LogP contribution in [-0.4, -0.2) is 18.9 Å². The molecule has 0 bridgehead atoms. The number of hydrogen-bond donors (Lipinski definition) is 1. The van der Waals surface area contributed by atoms with Crippen molar-refractivity contribution in [1.82, 2.24) is 0 Å². The normalized spacial score (nSPS) is 12.3. The quantitative estimate of drug-likeness (QED) is 0.806. The molecule has 0 aromatic heterocycles. The number of carbonyl (C=O) groups is 1. The number of nitrogens with two attached hydrogens (primary N) is 1. The summed E-state index contributed by atoms with van der Waals surface area (Å²) in [6, 6.07) is 2.83. The Balaban J connectivity index is 3.27. The highest BCUT2D eigenvalue weighted by molar-refractivity contribution is 6.35. The predicted molar refractivity (Wildman–Crippen MR) is 60.7 cm³/mol. The van der Waals surface area contributed by atoms with Gasteiger partial charge in [0.15, 0.2) is 5.78 Å². The van der Waals surface area contributed by atoms with Crippen molar-refractivity contribution in [1.29, 1.82) is 0 Å². The molecule has 82 valence electrons. The lowest BCUT2D eigenvalue weighted by molar-refractivity contribution is 0.0967. The Morgan fingerprint density at radius 3 is 2.60 bits per heavy atom. The van der Waals surface area contributed by atoms with E-state index in [4.69, 9.17) is 22.1 Å². The van der Waals surface area contributed by atoms with Gasteiger partial charge in [-0.2, -0.15) is 0 Å². The van der Waals surface area contributed by atoms with Crippen molar-refractivity contribution in [3.63, 3.8) is 0 Å². The summed E-state index contributed by atoms with van der Waals surface area (Å²) in [4.78, 5) is 11.7. The number of Topliss-reactive ketones (excluding diaryl/α,β-unsaturated/α-hetero) is 1. The monoisotopic (exact) mass is 227 g/mol. The van der Waals surface area contributed by atoms with Gasteiger partial charge in [-0.15, -0.1) is 0 Å². The highest BCUT2D eigenvalue weighted by Gasteiger charge is 2.17. The van der Waals surface area contributed by atoms with E-state index in [9.17, 15) is 4.79 Å². The Morgan fingerprint density at radius 1 is 1.53 bits per heavy atom. The van der Waals surface area contributed by atoms with E-state index in [1.165, 1.54) is 0 Å². The molecular weight excluding hydrogens is 214 g/mol. The van der Waals surface area contributed by atoms with E-state index in [-0.39, 0.29) is 5.78 Å². The second-order valence-corrected chi connectivity index (χ2v) is 3.84. The second-order valence-electron chi connectivity index (χ2n) is 3.46. The number of benzene rings is 1. The summed E-state index contributed by atoms with van der Waals surface area (Å²) in [5.41, 5.74) is 6.75. The maximum absolute atomic E-state index is 11.7. The van der Waals surface area contributed by atoms with Crippen LogP contribution in [0.3, 0.4) is 0 Å². The molecule has 1 atom stereocenters. The predicted octanol–water partition coefficient (Wildman–Crippen LogP) is 2.19. The number of aryl methyl sites for hydroxylation is 1. The highest BCUT2D eigenvalue weighted by Crippen LogP contribution is 2.27. The molecule has 15 heavy (non-hydrogen) atoms. The molecule has 4 heteroatoms. The van der Waals surface area contributed by atoms with Gasteiger partial charge in [0, 0.05) is 5.56 Å². The number of carbonyl (C=O) groups excluding carboxylic acids is 1. The Kier molecular flexibility index (Phi) is 3.72.